The van der Waals surface area contributed by atoms with Crippen LogP contribution >= 0.6 is 0 Å². The summed E-state index contributed by atoms with van der Waals surface area (Å²) in [5.41, 5.74) is 9.62. The molecule has 2 rings (SSSR count). The Kier molecular flexibility index (Phi) is 2.74. The number of para-hydroxylation sites is 1. The third kappa shape index (κ3) is 1.95. The number of benzene rings is 1. The van der Waals surface area contributed by atoms with Crippen LogP contribution in [-0.4, -0.2) is 9.55 Å². The smallest absolute Gasteiger partial charge is 0.126 e. The molecule has 0 spiro atoms. The highest BCUT2D eigenvalue weighted by Gasteiger charge is 2.21. The summed E-state index contributed by atoms with van der Waals surface area (Å²) >= 11 is 0. The number of imidazole rings is 1. The predicted octanol–water partition coefficient (Wildman–Crippen LogP) is 2.89. The summed E-state index contributed by atoms with van der Waals surface area (Å²) in [5.74, 6) is 0.941. The molecule has 2 N–H and O–H groups in total. The summed E-state index contributed by atoms with van der Waals surface area (Å²) in [7, 11) is 2.04. The monoisotopic (exact) mass is 231 g/mol. The van der Waals surface area contributed by atoms with Gasteiger partial charge in [0.1, 0.15) is 5.82 Å². The van der Waals surface area contributed by atoms with Crippen molar-refractivity contribution in [1.29, 1.82) is 0 Å². The van der Waals surface area contributed by atoms with Crippen molar-refractivity contribution in [2.24, 2.45) is 12.8 Å². The van der Waals surface area contributed by atoms with Crippen molar-refractivity contribution >= 4 is 11.0 Å². The molecule has 0 aliphatic heterocycles. The summed E-state index contributed by atoms with van der Waals surface area (Å²) in [6.45, 7) is 8.64. The molecule has 0 fully saturated rings. The van der Waals surface area contributed by atoms with E-state index in [-0.39, 0.29) is 11.5 Å². The van der Waals surface area contributed by atoms with E-state index in [4.69, 9.17) is 5.73 Å². The fourth-order valence-corrected chi connectivity index (χ4v) is 2.30. The van der Waals surface area contributed by atoms with Crippen LogP contribution in [0.1, 0.15) is 45.1 Å². The maximum atomic E-state index is 5.95. The minimum atomic E-state index is -0.0415. The molecule has 17 heavy (non-hydrogen) atoms. The van der Waals surface area contributed by atoms with Gasteiger partial charge in [-0.3, -0.25) is 0 Å². The van der Waals surface area contributed by atoms with Gasteiger partial charge in [-0.05, 0) is 24.0 Å². The average Bonchev–Trinajstić information content (AvgIpc) is 2.55. The molecule has 1 unspecified atom stereocenters. The Morgan fingerprint density at radius 1 is 1.29 bits per heavy atom. The zero-order chi connectivity index (χ0) is 12.8. The molecule has 1 heterocycles. The van der Waals surface area contributed by atoms with Gasteiger partial charge in [-0.2, -0.15) is 0 Å². The summed E-state index contributed by atoms with van der Waals surface area (Å²) in [6.07, 6.45) is 0. The zero-order valence-electron chi connectivity index (χ0n) is 11.3. The molecule has 3 nitrogen and oxygen atoms in total. The normalized spacial score (nSPS) is 14.2. The van der Waals surface area contributed by atoms with E-state index in [0.29, 0.717) is 0 Å². The highest BCUT2D eigenvalue weighted by Crippen LogP contribution is 2.30. The van der Waals surface area contributed by atoms with Gasteiger partial charge in [-0.1, -0.05) is 32.9 Å². The number of rotatable bonds is 1. The van der Waals surface area contributed by atoms with Crippen molar-refractivity contribution in [2.75, 3.05) is 0 Å². The molecule has 0 radical (unpaired) electrons. The van der Waals surface area contributed by atoms with Crippen molar-refractivity contribution in [3.63, 3.8) is 0 Å². The van der Waals surface area contributed by atoms with Gasteiger partial charge in [0.25, 0.3) is 0 Å². The van der Waals surface area contributed by atoms with Gasteiger partial charge in [0, 0.05) is 7.05 Å². The molecule has 1 aromatic carbocycles. The summed E-state index contributed by atoms with van der Waals surface area (Å²) in [5, 5.41) is 0. The third-order valence-corrected chi connectivity index (χ3v) is 3.14. The van der Waals surface area contributed by atoms with Crippen molar-refractivity contribution in [2.45, 2.75) is 39.2 Å². The Balaban J connectivity index is 2.80. The molecule has 92 valence electrons. The van der Waals surface area contributed by atoms with Gasteiger partial charge in [0.2, 0.25) is 0 Å². The largest absolute Gasteiger partial charge is 0.330 e. The molecule has 3 heteroatoms. The van der Waals surface area contributed by atoms with Gasteiger partial charge < -0.3 is 10.3 Å². The van der Waals surface area contributed by atoms with Crippen molar-refractivity contribution < 1.29 is 0 Å². The van der Waals surface area contributed by atoms with Crippen molar-refractivity contribution in [3.8, 4) is 0 Å². The SMILES string of the molecule is CC(N)c1nc2cccc(C(C)(C)C)c2n1C. The summed E-state index contributed by atoms with van der Waals surface area (Å²) in [6, 6.07) is 6.26. The van der Waals surface area contributed by atoms with E-state index in [1.165, 1.54) is 11.1 Å². The first-order chi connectivity index (χ1) is 7.82. The molecule has 0 saturated carbocycles. The molecular formula is C14H21N3. The first-order valence-corrected chi connectivity index (χ1v) is 6.04. The van der Waals surface area contributed by atoms with Crippen molar-refractivity contribution in [1.82, 2.24) is 9.55 Å². The van der Waals surface area contributed by atoms with Crippen LogP contribution in [0.3, 0.4) is 0 Å². The van der Waals surface area contributed by atoms with E-state index in [1.54, 1.807) is 0 Å². The highest BCUT2D eigenvalue weighted by atomic mass is 15.1. The Morgan fingerprint density at radius 3 is 2.47 bits per heavy atom. The second-order valence-corrected chi connectivity index (χ2v) is 5.74. The van der Waals surface area contributed by atoms with Crippen molar-refractivity contribution in [3.05, 3.63) is 29.6 Å². The molecule has 0 amide bonds. The third-order valence-electron chi connectivity index (χ3n) is 3.14. The number of nitrogens with two attached hydrogens (primary N) is 1. The lowest BCUT2D eigenvalue weighted by Crippen LogP contribution is -2.15. The van der Waals surface area contributed by atoms with Gasteiger partial charge in [-0.15, -0.1) is 0 Å². The van der Waals surface area contributed by atoms with Crippen LogP contribution in [0.4, 0.5) is 0 Å². The minimum Gasteiger partial charge on any atom is -0.330 e. The number of hydrogen-bond acceptors (Lipinski definition) is 2. The van der Waals surface area contributed by atoms with E-state index in [0.717, 1.165) is 11.3 Å². The fraction of sp³-hybridized carbons (Fsp3) is 0.500. The minimum absolute atomic E-state index is 0.0415. The Labute approximate surface area is 103 Å². The second-order valence-electron chi connectivity index (χ2n) is 5.74. The molecular weight excluding hydrogens is 210 g/mol. The zero-order valence-corrected chi connectivity index (χ0v) is 11.3. The summed E-state index contributed by atoms with van der Waals surface area (Å²) < 4.78 is 2.13. The van der Waals surface area contributed by atoms with E-state index < -0.39 is 0 Å². The maximum Gasteiger partial charge on any atom is 0.126 e. The predicted molar refractivity (Wildman–Crippen MR) is 72.0 cm³/mol. The van der Waals surface area contributed by atoms with Gasteiger partial charge in [0.05, 0.1) is 17.1 Å². The Morgan fingerprint density at radius 2 is 1.94 bits per heavy atom. The number of hydrogen-bond donors (Lipinski definition) is 1. The number of aryl methyl sites for hydroxylation is 1. The van der Waals surface area contributed by atoms with Crippen LogP contribution < -0.4 is 5.73 Å². The van der Waals surface area contributed by atoms with E-state index in [9.17, 15) is 0 Å². The number of nitrogens with zero attached hydrogens (tertiary/aromatic N) is 2. The molecule has 1 atom stereocenters. The molecule has 0 bridgehead atoms. The van der Waals surface area contributed by atoms with E-state index in [1.807, 2.05) is 14.0 Å². The fourth-order valence-electron chi connectivity index (χ4n) is 2.30. The van der Waals surface area contributed by atoms with Crippen LogP contribution in [0.2, 0.25) is 0 Å². The Bertz CT molecular complexity index is 544. The lowest BCUT2D eigenvalue weighted by Gasteiger charge is -2.20. The molecule has 0 aliphatic carbocycles. The first kappa shape index (κ1) is 12.1. The van der Waals surface area contributed by atoms with Crippen LogP contribution in [0.25, 0.3) is 11.0 Å². The molecule has 1 aromatic heterocycles. The first-order valence-electron chi connectivity index (χ1n) is 6.04. The standard InChI is InChI=1S/C14H21N3/c1-9(15)13-16-11-8-6-7-10(14(2,3)4)12(11)17(13)5/h6-9H,15H2,1-5H3. The van der Waals surface area contributed by atoms with E-state index in [2.05, 4.69) is 48.5 Å². The topological polar surface area (TPSA) is 43.8 Å². The molecule has 0 aliphatic rings. The Hall–Kier alpha value is -1.35. The lowest BCUT2D eigenvalue weighted by molar-refractivity contribution is 0.591. The lowest BCUT2D eigenvalue weighted by atomic mass is 9.86. The molecule has 2 aromatic rings. The van der Waals surface area contributed by atoms with Crippen LogP contribution in [-0.2, 0) is 12.5 Å². The van der Waals surface area contributed by atoms with E-state index >= 15 is 0 Å². The molecule has 0 saturated heterocycles. The number of fused-ring (bicyclic) bond motifs is 1. The van der Waals surface area contributed by atoms with Gasteiger partial charge >= 0.3 is 0 Å². The van der Waals surface area contributed by atoms with Gasteiger partial charge in [0.15, 0.2) is 0 Å². The summed E-state index contributed by atoms with van der Waals surface area (Å²) in [4.78, 5) is 4.62. The van der Waals surface area contributed by atoms with Gasteiger partial charge in [-0.25, -0.2) is 4.98 Å². The average molecular weight is 231 g/mol. The van der Waals surface area contributed by atoms with Crippen LogP contribution in [0, 0.1) is 0 Å². The van der Waals surface area contributed by atoms with Crippen LogP contribution in [0.5, 0.6) is 0 Å². The maximum absolute atomic E-state index is 5.95. The highest BCUT2D eigenvalue weighted by molar-refractivity contribution is 5.81. The number of aromatic nitrogens is 2. The quantitative estimate of drug-likeness (QED) is 0.820. The second kappa shape index (κ2) is 3.84. The van der Waals surface area contributed by atoms with Crippen LogP contribution in [0.15, 0.2) is 18.2 Å².